The predicted molar refractivity (Wildman–Crippen MR) is 77.1 cm³/mol. The van der Waals surface area contributed by atoms with Crippen molar-refractivity contribution < 1.29 is 39.7 Å². The third-order valence-corrected chi connectivity index (χ3v) is 4.47. The van der Waals surface area contributed by atoms with Crippen molar-refractivity contribution in [3.8, 4) is 0 Å². The zero-order valence-corrected chi connectivity index (χ0v) is 14.2. The van der Waals surface area contributed by atoms with Gasteiger partial charge in [-0.1, -0.05) is 6.07 Å². The van der Waals surface area contributed by atoms with Crippen molar-refractivity contribution in [3.05, 3.63) is 35.1 Å². The van der Waals surface area contributed by atoms with Gasteiger partial charge in [0.15, 0.2) is 0 Å². The lowest BCUT2D eigenvalue weighted by Crippen LogP contribution is -2.39. The maximum Gasteiger partial charge on any atom is 0.426 e. The van der Waals surface area contributed by atoms with Crippen LogP contribution in [0.4, 0.5) is 22.4 Å². The summed E-state index contributed by atoms with van der Waals surface area (Å²) in [5, 5.41) is 0. The molecule has 0 saturated carbocycles. The van der Waals surface area contributed by atoms with Crippen molar-refractivity contribution >= 4 is 16.4 Å². The van der Waals surface area contributed by atoms with Crippen LogP contribution in [0.5, 0.6) is 0 Å². The van der Waals surface area contributed by atoms with Crippen molar-refractivity contribution in [2.45, 2.75) is 38.6 Å². The first kappa shape index (κ1) is 19.4. The average Bonchev–Trinajstić information content (AvgIpc) is 2.71. The molecule has 1 aliphatic rings. The fourth-order valence-corrected chi connectivity index (χ4v) is 3.28. The van der Waals surface area contributed by atoms with Crippen molar-refractivity contribution in [1.82, 2.24) is 4.31 Å². The lowest BCUT2D eigenvalue weighted by molar-refractivity contribution is -0.140. The minimum Gasteiger partial charge on any atom is -0.443 e. The Morgan fingerprint density at radius 2 is 1.88 bits per heavy atom. The SMILES string of the molecule is CC(C)(C)OC(=O)N1[C@@H](c2ccc(F)c(C(F)(F)F)c2)COS1(=O)=O. The number of nitrogens with zero attached hydrogens (tertiary/aromatic N) is 1. The van der Waals surface area contributed by atoms with E-state index in [0.717, 1.165) is 6.07 Å². The number of hydrogen-bond acceptors (Lipinski definition) is 5. The second-order valence-corrected chi connectivity index (χ2v) is 7.76. The van der Waals surface area contributed by atoms with Crippen LogP contribution in [0.1, 0.15) is 37.9 Å². The zero-order chi connectivity index (χ0) is 19.2. The van der Waals surface area contributed by atoms with Gasteiger partial charge >= 0.3 is 22.6 Å². The Balaban J connectivity index is 2.46. The van der Waals surface area contributed by atoms with E-state index in [2.05, 4.69) is 4.18 Å². The molecule has 1 fully saturated rings. The molecule has 1 aromatic carbocycles. The van der Waals surface area contributed by atoms with Gasteiger partial charge in [-0.2, -0.15) is 25.9 Å². The van der Waals surface area contributed by atoms with Gasteiger partial charge in [-0.3, -0.25) is 4.18 Å². The molecule has 1 heterocycles. The number of halogens is 4. The smallest absolute Gasteiger partial charge is 0.426 e. The average molecular weight is 385 g/mol. The number of carbonyl (C=O) groups excluding carboxylic acids is 1. The van der Waals surface area contributed by atoms with Crippen LogP contribution in [0, 0.1) is 5.82 Å². The Labute approximate surface area is 141 Å². The highest BCUT2D eigenvalue weighted by molar-refractivity contribution is 7.85. The minimum absolute atomic E-state index is 0.214. The van der Waals surface area contributed by atoms with Gasteiger partial charge in [-0.25, -0.2) is 9.18 Å². The molecule has 1 aromatic rings. The number of rotatable bonds is 1. The van der Waals surface area contributed by atoms with Crippen LogP contribution in [0.15, 0.2) is 18.2 Å². The molecule has 0 bridgehead atoms. The summed E-state index contributed by atoms with van der Waals surface area (Å²) in [6.45, 7) is 3.86. The van der Waals surface area contributed by atoms with Gasteiger partial charge in [0.05, 0.1) is 12.2 Å². The van der Waals surface area contributed by atoms with Crippen molar-refractivity contribution in [3.63, 3.8) is 0 Å². The standard InChI is InChI=1S/C14H15F4NO5S/c1-13(2,3)24-12(20)19-11(7-23-25(19,21)22)8-4-5-10(15)9(6-8)14(16,17)18/h4-6,11H,7H2,1-3H3/t11-/m1/s1. The summed E-state index contributed by atoms with van der Waals surface area (Å²) in [5.74, 6) is -1.51. The fourth-order valence-electron chi connectivity index (χ4n) is 2.16. The predicted octanol–water partition coefficient (Wildman–Crippen LogP) is 3.40. The summed E-state index contributed by atoms with van der Waals surface area (Å²) in [5.41, 5.74) is -2.86. The Bertz CT molecular complexity index is 785. The minimum atomic E-state index is -4.98. The van der Waals surface area contributed by atoms with Crippen LogP contribution in [0.3, 0.4) is 0 Å². The van der Waals surface area contributed by atoms with Crippen LogP contribution < -0.4 is 0 Å². The summed E-state index contributed by atoms with van der Waals surface area (Å²) in [7, 11) is -4.53. The third-order valence-electron chi connectivity index (χ3n) is 3.15. The Kier molecular flexibility index (Phi) is 4.77. The van der Waals surface area contributed by atoms with E-state index >= 15 is 0 Å². The van der Waals surface area contributed by atoms with Gasteiger partial charge in [0, 0.05) is 0 Å². The van der Waals surface area contributed by atoms with E-state index in [-0.39, 0.29) is 9.87 Å². The highest BCUT2D eigenvalue weighted by atomic mass is 32.2. The highest BCUT2D eigenvalue weighted by Gasteiger charge is 2.46. The molecule has 0 unspecified atom stereocenters. The van der Waals surface area contributed by atoms with Gasteiger partial charge < -0.3 is 4.74 Å². The largest absolute Gasteiger partial charge is 0.443 e. The normalized spacial score (nSPS) is 20.6. The lowest BCUT2D eigenvalue weighted by atomic mass is 10.0. The molecule has 25 heavy (non-hydrogen) atoms. The molecular formula is C14H15F4NO5S. The lowest BCUT2D eigenvalue weighted by Gasteiger charge is -2.26. The van der Waals surface area contributed by atoms with Crippen LogP contribution >= 0.6 is 0 Å². The topological polar surface area (TPSA) is 72.9 Å². The molecule has 1 amide bonds. The number of hydrogen-bond donors (Lipinski definition) is 0. The monoisotopic (exact) mass is 385 g/mol. The van der Waals surface area contributed by atoms with E-state index < -0.39 is 52.2 Å². The summed E-state index contributed by atoms with van der Waals surface area (Å²) < 4.78 is 85.5. The number of alkyl halides is 3. The number of ether oxygens (including phenoxy) is 1. The van der Waals surface area contributed by atoms with Crippen LogP contribution in [-0.2, 0) is 25.4 Å². The number of benzene rings is 1. The molecule has 1 aliphatic heterocycles. The van der Waals surface area contributed by atoms with Crippen LogP contribution in [0.25, 0.3) is 0 Å². The Morgan fingerprint density at radius 1 is 1.28 bits per heavy atom. The Hall–Kier alpha value is -1.88. The summed E-state index contributed by atoms with van der Waals surface area (Å²) in [6, 6.07) is 0.552. The Morgan fingerprint density at radius 3 is 2.40 bits per heavy atom. The van der Waals surface area contributed by atoms with E-state index in [9.17, 15) is 30.8 Å². The third kappa shape index (κ3) is 4.21. The molecule has 11 heteroatoms. The maximum absolute atomic E-state index is 13.4. The van der Waals surface area contributed by atoms with E-state index in [0.29, 0.717) is 12.1 Å². The molecule has 1 atom stereocenters. The molecule has 0 radical (unpaired) electrons. The van der Waals surface area contributed by atoms with Crippen molar-refractivity contribution in [2.24, 2.45) is 0 Å². The zero-order valence-electron chi connectivity index (χ0n) is 13.4. The van der Waals surface area contributed by atoms with Gasteiger partial charge in [0.25, 0.3) is 0 Å². The second-order valence-electron chi connectivity index (χ2n) is 6.27. The quantitative estimate of drug-likeness (QED) is 0.693. The van der Waals surface area contributed by atoms with Gasteiger partial charge in [-0.05, 0) is 38.5 Å². The molecule has 6 nitrogen and oxygen atoms in total. The van der Waals surface area contributed by atoms with E-state index in [1.165, 1.54) is 20.8 Å². The summed E-state index contributed by atoms with van der Waals surface area (Å²) in [6.07, 6.45) is -6.28. The molecule has 0 spiro atoms. The molecule has 2 rings (SSSR count). The molecule has 1 saturated heterocycles. The van der Waals surface area contributed by atoms with Gasteiger partial charge in [0.2, 0.25) is 0 Å². The summed E-state index contributed by atoms with van der Waals surface area (Å²) >= 11 is 0. The maximum atomic E-state index is 13.4. The van der Waals surface area contributed by atoms with Crippen LogP contribution in [-0.4, -0.2) is 31.0 Å². The molecule has 0 N–H and O–H groups in total. The second kappa shape index (κ2) is 6.13. The first-order valence-electron chi connectivity index (χ1n) is 7.01. The fraction of sp³-hybridized carbons (Fsp3) is 0.500. The van der Waals surface area contributed by atoms with Crippen molar-refractivity contribution in [1.29, 1.82) is 0 Å². The van der Waals surface area contributed by atoms with Crippen LogP contribution in [0.2, 0.25) is 0 Å². The van der Waals surface area contributed by atoms with E-state index in [1.807, 2.05) is 0 Å². The molecule has 0 aromatic heterocycles. The van der Waals surface area contributed by atoms with Crippen molar-refractivity contribution in [2.75, 3.05) is 6.61 Å². The van der Waals surface area contributed by atoms with E-state index in [1.54, 1.807) is 0 Å². The summed E-state index contributed by atoms with van der Waals surface area (Å²) in [4.78, 5) is 12.2. The number of carbonyl (C=O) groups is 1. The number of amides is 1. The first-order chi connectivity index (χ1) is 11.2. The first-order valence-corrected chi connectivity index (χ1v) is 8.37. The molecule has 0 aliphatic carbocycles. The highest BCUT2D eigenvalue weighted by Crippen LogP contribution is 2.37. The molecule has 140 valence electrons. The van der Waals surface area contributed by atoms with Gasteiger partial charge in [0.1, 0.15) is 17.5 Å². The molecular weight excluding hydrogens is 370 g/mol. The van der Waals surface area contributed by atoms with Gasteiger partial charge in [-0.15, -0.1) is 0 Å². The van der Waals surface area contributed by atoms with E-state index in [4.69, 9.17) is 4.74 Å².